The Labute approximate surface area is 165 Å². The molecule has 0 aliphatic rings. The zero-order valence-electron chi connectivity index (χ0n) is 14.5. The van der Waals surface area contributed by atoms with Crippen molar-refractivity contribution in [3.63, 3.8) is 0 Å². The van der Waals surface area contributed by atoms with Crippen LogP contribution in [0.5, 0.6) is 0 Å². The molecule has 0 radical (unpaired) electrons. The first-order chi connectivity index (χ1) is 13.0. The summed E-state index contributed by atoms with van der Waals surface area (Å²) in [5.41, 5.74) is 2.17. The van der Waals surface area contributed by atoms with E-state index in [2.05, 4.69) is 20.9 Å². The molecule has 0 aliphatic carbocycles. The molecule has 1 aromatic heterocycles. The van der Waals surface area contributed by atoms with E-state index in [0.29, 0.717) is 33.0 Å². The minimum atomic E-state index is -0.442. The van der Waals surface area contributed by atoms with Gasteiger partial charge in [0.2, 0.25) is 0 Å². The van der Waals surface area contributed by atoms with Crippen molar-refractivity contribution >= 4 is 45.7 Å². The largest absolute Gasteiger partial charge is 0.347 e. The van der Waals surface area contributed by atoms with E-state index in [4.69, 9.17) is 11.6 Å². The number of hydrogen-bond donors (Lipinski definition) is 3. The molecule has 3 N–H and O–H groups in total. The van der Waals surface area contributed by atoms with Gasteiger partial charge in [-0.05, 0) is 36.8 Å². The van der Waals surface area contributed by atoms with Gasteiger partial charge in [-0.2, -0.15) is 0 Å². The van der Waals surface area contributed by atoms with Crippen molar-refractivity contribution in [3.05, 3.63) is 75.8 Å². The van der Waals surface area contributed by atoms with Gasteiger partial charge in [-0.15, -0.1) is 0 Å². The van der Waals surface area contributed by atoms with Crippen LogP contribution in [-0.4, -0.2) is 16.9 Å². The number of urea groups is 1. The van der Waals surface area contributed by atoms with Gasteiger partial charge < -0.3 is 10.6 Å². The summed E-state index contributed by atoms with van der Waals surface area (Å²) >= 11 is 6.95. The number of benzene rings is 2. The molecule has 0 fully saturated rings. The van der Waals surface area contributed by atoms with Crippen LogP contribution in [0.3, 0.4) is 0 Å². The molecule has 2 aromatic carbocycles. The lowest BCUT2D eigenvalue weighted by atomic mass is 10.2. The number of nitrogens with zero attached hydrogens (tertiary/aromatic N) is 1. The zero-order valence-corrected chi connectivity index (χ0v) is 16.0. The third kappa shape index (κ3) is 5.29. The van der Waals surface area contributed by atoms with Gasteiger partial charge in [-0.1, -0.05) is 53.3 Å². The Balaban J connectivity index is 1.59. The van der Waals surface area contributed by atoms with Crippen molar-refractivity contribution in [2.75, 3.05) is 10.6 Å². The highest BCUT2D eigenvalue weighted by Gasteiger charge is 2.16. The van der Waals surface area contributed by atoms with E-state index in [1.165, 1.54) is 0 Å². The highest BCUT2D eigenvalue weighted by atomic mass is 35.5. The predicted molar refractivity (Wildman–Crippen MR) is 109 cm³/mol. The third-order valence-corrected chi connectivity index (χ3v) is 4.94. The van der Waals surface area contributed by atoms with E-state index >= 15 is 0 Å². The third-order valence-electron chi connectivity index (χ3n) is 3.62. The second-order valence-electron chi connectivity index (χ2n) is 5.69. The molecule has 0 spiro atoms. The topological polar surface area (TPSA) is 83.1 Å². The Morgan fingerprint density at radius 2 is 1.74 bits per heavy atom. The molecular formula is C19H17ClN4O2S. The molecule has 0 unspecified atom stereocenters. The minimum Gasteiger partial charge on any atom is -0.347 e. The van der Waals surface area contributed by atoms with Crippen LogP contribution < -0.4 is 16.0 Å². The number of nitrogens with one attached hydrogen (secondary N) is 3. The molecule has 27 heavy (non-hydrogen) atoms. The number of amides is 3. The molecular weight excluding hydrogens is 384 g/mol. The number of aryl methyl sites for hydroxylation is 1. The van der Waals surface area contributed by atoms with E-state index in [1.54, 1.807) is 31.2 Å². The van der Waals surface area contributed by atoms with Crippen LogP contribution in [-0.2, 0) is 6.54 Å². The van der Waals surface area contributed by atoms with Crippen molar-refractivity contribution in [1.29, 1.82) is 0 Å². The number of thiazole rings is 1. The predicted octanol–water partition coefficient (Wildman–Crippen LogP) is 4.68. The summed E-state index contributed by atoms with van der Waals surface area (Å²) < 4.78 is 0. The summed E-state index contributed by atoms with van der Waals surface area (Å²) in [5, 5.41) is 9.11. The molecule has 0 saturated heterocycles. The maximum absolute atomic E-state index is 12.4. The summed E-state index contributed by atoms with van der Waals surface area (Å²) in [4.78, 5) is 29.2. The second-order valence-corrected chi connectivity index (χ2v) is 7.12. The van der Waals surface area contributed by atoms with Gasteiger partial charge >= 0.3 is 6.03 Å². The van der Waals surface area contributed by atoms with Gasteiger partial charge in [0, 0.05) is 17.3 Å². The number of anilines is 2. The Hall–Kier alpha value is -2.90. The van der Waals surface area contributed by atoms with Crippen LogP contribution in [0, 0.1) is 6.92 Å². The number of rotatable bonds is 5. The van der Waals surface area contributed by atoms with Gasteiger partial charge in [-0.25, -0.2) is 9.78 Å². The monoisotopic (exact) mass is 400 g/mol. The van der Waals surface area contributed by atoms with Crippen LogP contribution in [0.15, 0.2) is 54.6 Å². The van der Waals surface area contributed by atoms with Gasteiger partial charge in [0.15, 0.2) is 5.13 Å². The molecule has 0 atom stereocenters. The van der Waals surface area contributed by atoms with E-state index < -0.39 is 6.03 Å². The Morgan fingerprint density at radius 1 is 1.04 bits per heavy atom. The second kappa shape index (κ2) is 8.66. The normalized spacial score (nSPS) is 10.3. The highest BCUT2D eigenvalue weighted by Crippen LogP contribution is 2.23. The van der Waals surface area contributed by atoms with E-state index in [-0.39, 0.29) is 5.91 Å². The standard InChI is InChI=1S/C19H17ClN4O2S/c1-12-16(17(25)21-11-13-5-3-2-4-6-13)27-19(22-12)24-18(26)23-15-9-7-14(20)8-10-15/h2-10H,11H2,1H3,(H,21,25)(H2,22,23,24,26). The van der Waals surface area contributed by atoms with Crippen molar-refractivity contribution < 1.29 is 9.59 Å². The summed E-state index contributed by atoms with van der Waals surface area (Å²) in [6, 6.07) is 15.9. The van der Waals surface area contributed by atoms with Gasteiger partial charge in [0.05, 0.1) is 5.69 Å². The first-order valence-corrected chi connectivity index (χ1v) is 9.34. The molecule has 0 saturated carbocycles. The number of aromatic nitrogens is 1. The average Bonchev–Trinajstić information content (AvgIpc) is 3.02. The van der Waals surface area contributed by atoms with E-state index in [1.807, 2.05) is 30.3 Å². The molecule has 3 amide bonds. The number of carbonyl (C=O) groups excluding carboxylic acids is 2. The lowest BCUT2D eigenvalue weighted by Gasteiger charge is -2.05. The molecule has 1 heterocycles. The minimum absolute atomic E-state index is 0.222. The quantitative estimate of drug-likeness (QED) is 0.581. The fraction of sp³-hybridized carbons (Fsp3) is 0.105. The fourth-order valence-electron chi connectivity index (χ4n) is 2.31. The van der Waals surface area contributed by atoms with Gasteiger partial charge in [-0.3, -0.25) is 10.1 Å². The summed E-state index contributed by atoms with van der Waals surface area (Å²) in [5.74, 6) is -0.222. The maximum Gasteiger partial charge on any atom is 0.325 e. The Morgan fingerprint density at radius 3 is 2.44 bits per heavy atom. The van der Waals surface area contributed by atoms with Crippen LogP contribution >= 0.6 is 22.9 Å². The van der Waals surface area contributed by atoms with Gasteiger partial charge in [0.1, 0.15) is 4.88 Å². The number of halogens is 1. The van der Waals surface area contributed by atoms with Crippen molar-refractivity contribution in [3.8, 4) is 0 Å². The van der Waals surface area contributed by atoms with Crippen LogP contribution in [0.25, 0.3) is 0 Å². The average molecular weight is 401 g/mol. The molecule has 138 valence electrons. The maximum atomic E-state index is 12.4. The van der Waals surface area contributed by atoms with Crippen molar-refractivity contribution in [1.82, 2.24) is 10.3 Å². The zero-order chi connectivity index (χ0) is 19.2. The lowest BCUT2D eigenvalue weighted by Crippen LogP contribution is -2.22. The summed E-state index contributed by atoms with van der Waals surface area (Å²) in [6.45, 7) is 2.16. The van der Waals surface area contributed by atoms with Crippen LogP contribution in [0.4, 0.5) is 15.6 Å². The molecule has 8 heteroatoms. The molecule has 6 nitrogen and oxygen atoms in total. The van der Waals surface area contributed by atoms with E-state index in [9.17, 15) is 9.59 Å². The van der Waals surface area contributed by atoms with Crippen LogP contribution in [0.1, 0.15) is 20.9 Å². The Kier molecular flexibility index (Phi) is 6.05. The summed E-state index contributed by atoms with van der Waals surface area (Å²) in [7, 11) is 0. The number of hydrogen-bond acceptors (Lipinski definition) is 4. The lowest BCUT2D eigenvalue weighted by molar-refractivity contribution is 0.0954. The Bertz CT molecular complexity index is 942. The van der Waals surface area contributed by atoms with Crippen molar-refractivity contribution in [2.45, 2.75) is 13.5 Å². The smallest absolute Gasteiger partial charge is 0.325 e. The molecule has 3 rings (SSSR count). The molecule has 3 aromatic rings. The molecule has 0 bridgehead atoms. The first-order valence-electron chi connectivity index (χ1n) is 8.14. The molecule has 0 aliphatic heterocycles. The van der Waals surface area contributed by atoms with E-state index in [0.717, 1.165) is 16.9 Å². The first kappa shape index (κ1) is 18.9. The SMILES string of the molecule is Cc1nc(NC(=O)Nc2ccc(Cl)cc2)sc1C(=O)NCc1ccccc1. The van der Waals surface area contributed by atoms with Gasteiger partial charge in [0.25, 0.3) is 5.91 Å². The summed E-state index contributed by atoms with van der Waals surface area (Å²) in [6.07, 6.45) is 0. The fourth-order valence-corrected chi connectivity index (χ4v) is 3.32. The number of carbonyl (C=O) groups is 2. The van der Waals surface area contributed by atoms with Crippen LogP contribution in [0.2, 0.25) is 5.02 Å². The highest BCUT2D eigenvalue weighted by molar-refractivity contribution is 7.17. The van der Waals surface area contributed by atoms with Crippen molar-refractivity contribution in [2.24, 2.45) is 0 Å².